The summed E-state index contributed by atoms with van der Waals surface area (Å²) in [5, 5.41) is 4.26. The predicted octanol–water partition coefficient (Wildman–Crippen LogP) is 3.99. The highest BCUT2D eigenvalue weighted by atomic mass is 79.9. The number of anilines is 1. The summed E-state index contributed by atoms with van der Waals surface area (Å²) in [5.74, 6) is 0.688. The van der Waals surface area contributed by atoms with E-state index < -0.39 is 0 Å². The van der Waals surface area contributed by atoms with Crippen LogP contribution in [0, 0.1) is 11.8 Å². The van der Waals surface area contributed by atoms with Crippen LogP contribution in [0.4, 0.5) is 5.69 Å². The predicted molar refractivity (Wildman–Crippen MR) is 102 cm³/mol. The summed E-state index contributed by atoms with van der Waals surface area (Å²) < 4.78 is 1.03. The molecule has 1 aromatic carbocycles. The molecule has 0 radical (unpaired) electrons. The zero-order chi connectivity index (χ0) is 17.1. The summed E-state index contributed by atoms with van der Waals surface area (Å²) in [5.41, 5.74) is 2.24. The number of benzene rings is 1. The number of piperidine rings is 1. The van der Waals surface area contributed by atoms with E-state index in [2.05, 4.69) is 49.3 Å². The van der Waals surface area contributed by atoms with Gasteiger partial charge in [0.2, 0.25) is 5.91 Å². The Hall–Kier alpha value is -1.62. The number of nitrogens with one attached hydrogen (secondary N) is 1. The van der Waals surface area contributed by atoms with E-state index in [4.69, 9.17) is 0 Å². The zero-order valence-electron chi connectivity index (χ0n) is 14.3. The maximum absolute atomic E-state index is 11.8. The minimum Gasteiger partial charge on any atom is -0.371 e. The Labute approximate surface area is 151 Å². The third kappa shape index (κ3) is 3.72. The molecular weight excluding hydrogens is 366 g/mol. The maximum atomic E-state index is 11.8. The molecule has 0 aliphatic carbocycles. The van der Waals surface area contributed by atoms with Gasteiger partial charge in [-0.1, -0.05) is 26.0 Å². The van der Waals surface area contributed by atoms with E-state index >= 15 is 0 Å². The summed E-state index contributed by atoms with van der Waals surface area (Å²) in [6.07, 6.45) is 4.20. The van der Waals surface area contributed by atoms with Crippen LogP contribution >= 0.6 is 15.9 Å². The molecule has 5 heteroatoms. The molecule has 1 unspecified atom stereocenters. The highest BCUT2D eigenvalue weighted by molar-refractivity contribution is 9.10. The topological polar surface area (TPSA) is 45.2 Å². The number of nitrogens with zero attached hydrogens (tertiary/aromatic N) is 2. The molecule has 4 nitrogen and oxygen atoms in total. The average Bonchev–Trinajstić information content (AvgIpc) is 2.60. The monoisotopic (exact) mass is 389 g/mol. The smallest absolute Gasteiger partial charge is 0.222 e. The van der Waals surface area contributed by atoms with Gasteiger partial charge < -0.3 is 10.2 Å². The van der Waals surface area contributed by atoms with Crippen molar-refractivity contribution < 1.29 is 4.79 Å². The molecule has 1 aliphatic heterocycles. The van der Waals surface area contributed by atoms with Gasteiger partial charge in [0.15, 0.2) is 0 Å². The molecule has 1 amide bonds. The van der Waals surface area contributed by atoms with Gasteiger partial charge in [0, 0.05) is 47.3 Å². The van der Waals surface area contributed by atoms with Crippen molar-refractivity contribution in [2.24, 2.45) is 11.8 Å². The Morgan fingerprint density at radius 1 is 1.42 bits per heavy atom. The van der Waals surface area contributed by atoms with Crippen molar-refractivity contribution in [2.45, 2.75) is 26.7 Å². The number of carbonyl (C=O) groups excluding carboxylic acids is 1. The Balaban J connectivity index is 1.76. The Kier molecular flexibility index (Phi) is 5.39. The maximum Gasteiger partial charge on any atom is 0.222 e. The van der Waals surface area contributed by atoms with E-state index in [0.717, 1.165) is 36.0 Å². The van der Waals surface area contributed by atoms with Crippen LogP contribution < -0.4 is 10.2 Å². The number of amides is 1. The lowest BCUT2D eigenvalue weighted by Gasteiger charge is -2.35. The van der Waals surface area contributed by atoms with E-state index in [1.165, 1.54) is 17.5 Å². The number of halogens is 1. The molecule has 2 heterocycles. The number of hydrogen-bond donors (Lipinski definition) is 1. The summed E-state index contributed by atoms with van der Waals surface area (Å²) in [6, 6.07) is 8.32. The first-order valence-corrected chi connectivity index (χ1v) is 9.41. The van der Waals surface area contributed by atoms with Gasteiger partial charge in [-0.15, -0.1) is 0 Å². The van der Waals surface area contributed by atoms with Crippen molar-refractivity contribution in [3.05, 3.63) is 34.9 Å². The van der Waals surface area contributed by atoms with Crippen molar-refractivity contribution in [1.29, 1.82) is 0 Å². The van der Waals surface area contributed by atoms with Crippen LogP contribution in [-0.2, 0) is 4.79 Å². The number of pyridine rings is 1. The third-order valence-corrected chi connectivity index (χ3v) is 5.29. The van der Waals surface area contributed by atoms with Crippen LogP contribution in [0.2, 0.25) is 0 Å². The third-order valence-electron chi connectivity index (χ3n) is 4.65. The lowest BCUT2D eigenvalue weighted by molar-refractivity contribution is -0.124. The Morgan fingerprint density at radius 3 is 3.04 bits per heavy atom. The molecular formula is C19H24BrN3O. The fourth-order valence-corrected chi connectivity index (χ4v) is 3.77. The van der Waals surface area contributed by atoms with E-state index in [0.29, 0.717) is 5.92 Å². The van der Waals surface area contributed by atoms with Gasteiger partial charge in [-0.2, -0.15) is 0 Å². The number of carbonyl (C=O) groups is 1. The van der Waals surface area contributed by atoms with Crippen LogP contribution in [0.3, 0.4) is 0 Å². The molecule has 24 heavy (non-hydrogen) atoms. The molecule has 128 valence electrons. The summed E-state index contributed by atoms with van der Waals surface area (Å²) in [6.45, 7) is 6.66. The van der Waals surface area contributed by atoms with Crippen LogP contribution in [-0.4, -0.2) is 30.5 Å². The standard InChI is InChI=1S/C19H24BrN3O/c1-13(2)19(24)22-11-14-5-4-10-23(12-14)17-8-9-21-18-15(17)6-3-7-16(18)20/h3,6-9,13-14H,4-5,10-12H2,1-2H3,(H,22,24). The van der Waals surface area contributed by atoms with E-state index in [1.807, 2.05) is 26.1 Å². The van der Waals surface area contributed by atoms with Crippen LogP contribution in [0.5, 0.6) is 0 Å². The average molecular weight is 390 g/mol. The molecule has 1 atom stereocenters. The zero-order valence-corrected chi connectivity index (χ0v) is 15.8. The first-order chi connectivity index (χ1) is 11.6. The molecule has 0 saturated carbocycles. The van der Waals surface area contributed by atoms with Crippen LogP contribution in [0.25, 0.3) is 10.9 Å². The highest BCUT2D eigenvalue weighted by Gasteiger charge is 2.22. The van der Waals surface area contributed by atoms with Crippen molar-refractivity contribution >= 4 is 38.4 Å². The fraction of sp³-hybridized carbons (Fsp3) is 0.474. The second-order valence-corrected chi connectivity index (χ2v) is 7.67. The van der Waals surface area contributed by atoms with Gasteiger partial charge in [0.1, 0.15) is 0 Å². The largest absolute Gasteiger partial charge is 0.371 e. The number of para-hydroxylation sites is 1. The normalized spacial score (nSPS) is 18.2. The molecule has 2 aromatic rings. The quantitative estimate of drug-likeness (QED) is 0.859. The minimum absolute atomic E-state index is 0.0474. The van der Waals surface area contributed by atoms with Crippen molar-refractivity contribution in [3.63, 3.8) is 0 Å². The number of aromatic nitrogens is 1. The number of rotatable bonds is 4. The molecule has 0 bridgehead atoms. The van der Waals surface area contributed by atoms with Crippen molar-refractivity contribution in [2.75, 3.05) is 24.5 Å². The van der Waals surface area contributed by atoms with Crippen molar-refractivity contribution in [3.8, 4) is 0 Å². The minimum atomic E-state index is 0.0474. The Morgan fingerprint density at radius 2 is 2.25 bits per heavy atom. The van der Waals surface area contributed by atoms with Gasteiger partial charge in [-0.05, 0) is 46.8 Å². The SMILES string of the molecule is CC(C)C(=O)NCC1CCCN(c2ccnc3c(Br)cccc23)C1. The summed E-state index contributed by atoms with van der Waals surface area (Å²) in [4.78, 5) is 18.8. The lowest BCUT2D eigenvalue weighted by Crippen LogP contribution is -2.41. The van der Waals surface area contributed by atoms with E-state index in [1.54, 1.807) is 0 Å². The summed E-state index contributed by atoms with van der Waals surface area (Å²) in [7, 11) is 0. The molecule has 1 N–H and O–H groups in total. The van der Waals surface area contributed by atoms with Crippen molar-refractivity contribution in [1.82, 2.24) is 10.3 Å². The number of fused-ring (bicyclic) bond motifs is 1. The van der Waals surface area contributed by atoms with E-state index in [-0.39, 0.29) is 11.8 Å². The summed E-state index contributed by atoms with van der Waals surface area (Å²) >= 11 is 3.59. The molecule has 3 rings (SSSR count). The molecule has 1 fully saturated rings. The second kappa shape index (κ2) is 7.51. The first-order valence-electron chi connectivity index (χ1n) is 8.62. The van der Waals surface area contributed by atoms with E-state index in [9.17, 15) is 4.79 Å². The van der Waals surface area contributed by atoms with Gasteiger partial charge in [0.05, 0.1) is 5.52 Å². The molecule has 1 saturated heterocycles. The van der Waals surface area contributed by atoms with Gasteiger partial charge in [-0.3, -0.25) is 9.78 Å². The van der Waals surface area contributed by atoms with Gasteiger partial charge in [0.25, 0.3) is 0 Å². The fourth-order valence-electron chi connectivity index (χ4n) is 3.30. The number of hydrogen-bond acceptors (Lipinski definition) is 3. The highest BCUT2D eigenvalue weighted by Crippen LogP contribution is 2.32. The lowest BCUT2D eigenvalue weighted by atomic mass is 9.96. The molecule has 1 aromatic heterocycles. The first kappa shape index (κ1) is 17.2. The molecule has 1 aliphatic rings. The van der Waals surface area contributed by atoms with Crippen LogP contribution in [0.15, 0.2) is 34.9 Å². The van der Waals surface area contributed by atoms with Gasteiger partial charge in [-0.25, -0.2) is 0 Å². The van der Waals surface area contributed by atoms with Gasteiger partial charge >= 0.3 is 0 Å². The Bertz CT molecular complexity index is 732. The molecule has 0 spiro atoms. The second-order valence-electron chi connectivity index (χ2n) is 6.82. The van der Waals surface area contributed by atoms with Crippen LogP contribution in [0.1, 0.15) is 26.7 Å².